The molecule has 3 aliphatic carbocycles. The molecule has 2 bridgehead atoms. The smallest absolute Gasteiger partial charge is 0.0621 e. The molecule has 15 heavy (non-hydrogen) atoms. The van der Waals surface area contributed by atoms with Crippen LogP contribution in [0.4, 0.5) is 0 Å². The Morgan fingerprint density at radius 2 is 1.93 bits per heavy atom. The fourth-order valence-electron chi connectivity index (χ4n) is 3.89. The van der Waals surface area contributed by atoms with Gasteiger partial charge in [0.15, 0.2) is 0 Å². The van der Waals surface area contributed by atoms with E-state index in [1.807, 2.05) is 0 Å². The van der Waals surface area contributed by atoms with Crippen LogP contribution in [-0.4, -0.2) is 23.3 Å². The van der Waals surface area contributed by atoms with Crippen LogP contribution < -0.4 is 5.32 Å². The van der Waals surface area contributed by atoms with Crippen LogP contribution in [0.15, 0.2) is 0 Å². The number of nitrogens with one attached hydrogen (secondary N) is 1. The van der Waals surface area contributed by atoms with Crippen LogP contribution >= 0.6 is 0 Å². The second-order valence-electron chi connectivity index (χ2n) is 6.57. The Morgan fingerprint density at radius 3 is 2.40 bits per heavy atom. The summed E-state index contributed by atoms with van der Waals surface area (Å²) in [6, 6.07) is 1.32. The Morgan fingerprint density at radius 1 is 1.13 bits per heavy atom. The molecule has 0 aromatic rings. The van der Waals surface area contributed by atoms with Crippen molar-refractivity contribution in [3.05, 3.63) is 0 Å². The highest BCUT2D eigenvalue weighted by molar-refractivity contribution is 5.05. The average Bonchev–Trinajstić information content (AvgIpc) is 2.78. The van der Waals surface area contributed by atoms with Gasteiger partial charge in [-0.05, 0) is 37.5 Å². The van der Waals surface area contributed by atoms with Crippen molar-refractivity contribution >= 4 is 0 Å². The van der Waals surface area contributed by atoms with Gasteiger partial charge < -0.3 is 10.4 Å². The topological polar surface area (TPSA) is 32.3 Å². The first-order valence-corrected chi connectivity index (χ1v) is 6.51. The molecule has 3 rings (SSSR count). The van der Waals surface area contributed by atoms with Gasteiger partial charge in [-0.1, -0.05) is 20.3 Å². The Hall–Kier alpha value is -0.0800. The van der Waals surface area contributed by atoms with E-state index in [9.17, 15) is 5.11 Å². The van der Waals surface area contributed by atoms with E-state index in [0.717, 1.165) is 24.3 Å². The second-order valence-corrected chi connectivity index (χ2v) is 6.57. The lowest BCUT2D eigenvalue weighted by Crippen LogP contribution is -2.62. The van der Waals surface area contributed by atoms with Crippen molar-refractivity contribution in [2.75, 3.05) is 0 Å². The van der Waals surface area contributed by atoms with Crippen molar-refractivity contribution in [2.45, 2.75) is 64.1 Å². The summed E-state index contributed by atoms with van der Waals surface area (Å²) in [5.41, 5.74) is 0.0990. The van der Waals surface area contributed by atoms with Crippen LogP contribution in [0.25, 0.3) is 0 Å². The third-order valence-corrected chi connectivity index (χ3v) is 5.37. The highest BCUT2D eigenvalue weighted by Gasteiger charge is 2.50. The van der Waals surface area contributed by atoms with E-state index in [-0.39, 0.29) is 11.5 Å². The SMILES string of the molecule is CC1(C)C(O)CC1NC1CC2CCC1C2. The van der Waals surface area contributed by atoms with Crippen molar-refractivity contribution in [3.8, 4) is 0 Å². The molecule has 0 aromatic carbocycles. The zero-order chi connectivity index (χ0) is 10.6. The summed E-state index contributed by atoms with van der Waals surface area (Å²) in [5, 5.41) is 13.5. The number of aliphatic hydroxyl groups excluding tert-OH is 1. The minimum absolute atomic E-state index is 0.0893. The number of fused-ring (bicyclic) bond motifs is 2. The molecule has 3 aliphatic rings. The predicted octanol–water partition coefficient (Wildman–Crippen LogP) is 1.92. The van der Waals surface area contributed by atoms with Gasteiger partial charge in [-0.2, -0.15) is 0 Å². The van der Waals surface area contributed by atoms with Gasteiger partial charge in [0.1, 0.15) is 0 Å². The molecule has 3 fully saturated rings. The van der Waals surface area contributed by atoms with Gasteiger partial charge in [0.05, 0.1) is 6.10 Å². The zero-order valence-electron chi connectivity index (χ0n) is 9.87. The van der Waals surface area contributed by atoms with E-state index in [1.165, 1.54) is 25.7 Å². The van der Waals surface area contributed by atoms with E-state index in [4.69, 9.17) is 0 Å². The summed E-state index contributed by atoms with van der Waals surface area (Å²) in [7, 11) is 0. The highest BCUT2D eigenvalue weighted by Crippen LogP contribution is 2.47. The molecule has 0 saturated heterocycles. The first-order chi connectivity index (χ1) is 7.07. The van der Waals surface area contributed by atoms with Crippen LogP contribution in [0.5, 0.6) is 0 Å². The van der Waals surface area contributed by atoms with Crippen molar-refractivity contribution in [1.29, 1.82) is 0 Å². The summed E-state index contributed by atoms with van der Waals surface area (Å²) in [6.07, 6.45) is 6.65. The number of hydrogen-bond donors (Lipinski definition) is 2. The molecule has 0 aliphatic heterocycles. The van der Waals surface area contributed by atoms with Crippen LogP contribution in [-0.2, 0) is 0 Å². The summed E-state index contributed by atoms with van der Waals surface area (Å²) < 4.78 is 0. The maximum atomic E-state index is 9.71. The van der Waals surface area contributed by atoms with Gasteiger partial charge in [-0.3, -0.25) is 0 Å². The van der Waals surface area contributed by atoms with Crippen molar-refractivity contribution < 1.29 is 5.11 Å². The summed E-state index contributed by atoms with van der Waals surface area (Å²) >= 11 is 0. The van der Waals surface area contributed by atoms with Gasteiger partial charge in [-0.15, -0.1) is 0 Å². The fourth-order valence-corrected chi connectivity index (χ4v) is 3.89. The summed E-state index contributed by atoms with van der Waals surface area (Å²) in [6.45, 7) is 4.37. The number of hydrogen-bond acceptors (Lipinski definition) is 2. The minimum atomic E-state index is -0.0893. The standard InChI is InChI=1S/C13H23NO/c1-13(2)11(7-12(13)15)14-10-6-8-3-4-9(10)5-8/h8-12,14-15H,3-7H2,1-2H3. The second kappa shape index (κ2) is 3.21. The normalized spacial score (nSPS) is 51.8. The average molecular weight is 209 g/mol. The molecule has 0 spiro atoms. The molecule has 5 atom stereocenters. The fraction of sp³-hybridized carbons (Fsp3) is 1.00. The Balaban J connectivity index is 1.59. The highest BCUT2D eigenvalue weighted by atomic mass is 16.3. The largest absolute Gasteiger partial charge is 0.392 e. The molecule has 2 heteroatoms. The molecule has 3 saturated carbocycles. The first kappa shape index (κ1) is 10.1. The van der Waals surface area contributed by atoms with Crippen LogP contribution in [0.2, 0.25) is 0 Å². The zero-order valence-corrected chi connectivity index (χ0v) is 9.87. The van der Waals surface area contributed by atoms with Gasteiger partial charge in [0, 0.05) is 17.5 Å². The predicted molar refractivity (Wildman–Crippen MR) is 60.6 cm³/mol. The molecule has 0 amide bonds. The summed E-state index contributed by atoms with van der Waals surface area (Å²) in [4.78, 5) is 0. The third-order valence-electron chi connectivity index (χ3n) is 5.37. The Kier molecular flexibility index (Phi) is 2.16. The summed E-state index contributed by atoms with van der Waals surface area (Å²) in [5.74, 6) is 1.96. The van der Waals surface area contributed by atoms with E-state index < -0.39 is 0 Å². The molecule has 0 aromatic heterocycles. The van der Waals surface area contributed by atoms with Crippen LogP contribution in [0.1, 0.15) is 46.0 Å². The Bertz CT molecular complexity index is 263. The first-order valence-electron chi connectivity index (χ1n) is 6.51. The molecule has 0 radical (unpaired) electrons. The lowest BCUT2D eigenvalue weighted by molar-refractivity contribution is -0.0776. The molecule has 5 unspecified atom stereocenters. The minimum Gasteiger partial charge on any atom is -0.392 e. The number of rotatable bonds is 2. The molecule has 2 N–H and O–H groups in total. The molecule has 2 nitrogen and oxygen atoms in total. The maximum Gasteiger partial charge on any atom is 0.0621 e. The van der Waals surface area contributed by atoms with Crippen molar-refractivity contribution in [2.24, 2.45) is 17.3 Å². The van der Waals surface area contributed by atoms with Crippen LogP contribution in [0, 0.1) is 17.3 Å². The maximum absolute atomic E-state index is 9.71. The van der Waals surface area contributed by atoms with E-state index in [1.54, 1.807) is 0 Å². The lowest BCUT2D eigenvalue weighted by Gasteiger charge is -2.51. The van der Waals surface area contributed by atoms with Gasteiger partial charge in [0.25, 0.3) is 0 Å². The third kappa shape index (κ3) is 1.45. The monoisotopic (exact) mass is 209 g/mol. The van der Waals surface area contributed by atoms with Crippen LogP contribution in [0.3, 0.4) is 0 Å². The van der Waals surface area contributed by atoms with E-state index in [0.29, 0.717) is 6.04 Å². The van der Waals surface area contributed by atoms with Gasteiger partial charge in [-0.25, -0.2) is 0 Å². The van der Waals surface area contributed by atoms with E-state index in [2.05, 4.69) is 19.2 Å². The van der Waals surface area contributed by atoms with Crippen molar-refractivity contribution in [3.63, 3.8) is 0 Å². The van der Waals surface area contributed by atoms with Crippen molar-refractivity contribution in [1.82, 2.24) is 5.32 Å². The molecule has 86 valence electrons. The quantitative estimate of drug-likeness (QED) is 0.728. The Labute approximate surface area is 92.4 Å². The number of aliphatic hydroxyl groups is 1. The molecule has 0 heterocycles. The van der Waals surface area contributed by atoms with Gasteiger partial charge in [0.2, 0.25) is 0 Å². The van der Waals surface area contributed by atoms with Gasteiger partial charge >= 0.3 is 0 Å². The van der Waals surface area contributed by atoms with E-state index >= 15 is 0 Å². The molecular weight excluding hydrogens is 186 g/mol. The lowest BCUT2D eigenvalue weighted by atomic mass is 9.64. The molecular formula is C13H23NO.